The van der Waals surface area contributed by atoms with Gasteiger partial charge in [-0.1, -0.05) is 35.1 Å². The van der Waals surface area contributed by atoms with E-state index in [1.807, 2.05) is 34.7 Å². The van der Waals surface area contributed by atoms with E-state index in [-0.39, 0.29) is 41.7 Å². The van der Waals surface area contributed by atoms with Crippen LogP contribution in [0.1, 0.15) is 33.9 Å². The third-order valence-corrected chi connectivity index (χ3v) is 8.68. The van der Waals surface area contributed by atoms with Gasteiger partial charge in [0, 0.05) is 28.0 Å². The van der Waals surface area contributed by atoms with E-state index in [2.05, 4.69) is 19.7 Å². The number of imidazole rings is 1. The van der Waals surface area contributed by atoms with Crippen molar-refractivity contribution in [2.45, 2.75) is 63.9 Å². The summed E-state index contributed by atoms with van der Waals surface area (Å²) in [6, 6.07) is 9.58. The van der Waals surface area contributed by atoms with Crippen LogP contribution >= 0.6 is 30.8 Å². The van der Waals surface area contributed by atoms with E-state index in [0.29, 0.717) is 14.7 Å². The van der Waals surface area contributed by atoms with E-state index < -0.39 is 44.2 Å². The number of benzene rings is 2. The number of hydrogen-bond acceptors (Lipinski definition) is 14. The fourth-order valence-corrected chi connectivity index (χ4v) is 6.36. The zero-order valence-electron chi connectivity index (χ0n) is 24.9. The zero-order valence-corrected chi connectivity index (χ0v) is 28.0. The normalized spacial score (nSPS) is 22.6. The molecule has 4 N–H and O–H groups in total. The Hall–Kier alpha value is -3.41. The average Bonchev–Trinajstić information content (AvgIpc) is 3.42. The molecule has 0 radical (unpaired) electrons. The van der Waals surface area contributed by atoms with Crippen molar-refractivity contribution in [1.29, 1.82) is 0 Å². The summed E-state index contributed by atoms with van der Waals surface area (Å²) in [5.74, 6) is -0.264. The van der Waals surface area contributed by atoms with E-state index in [1.54, 1.807) is 38.1 Å². The second kappa shape index (κ2) is 13.1. The standard InChI is InChI=1S/C28H32IN6O9P/c1-13(2)42-24(37)14(3)34-45(39)44-20-16-9-7-6-8-15(16)10-11-17(20)41-12-18-21(36)28(4,38)25(43-18)35-22-19(31-26(35)29)23(40-5)33-27(30)32-22/h6-11,13-14,18,21,25,36,38H,12H2,1-5H3,(H2,30,32,33)/t14-,18+,21+,25+,28+/m0/s1. The molecule has 17 heteroatoms. The van der Waals surface area contributed by atoms with Crippen LogP contribution in [0.15, 0.2) is 41.1 Å². The first-order valence-electron chi connectivity index (χ1n) is 13.8. The molecule has 0 saturated carbocycles. The van der Waals surface area contributed by atoms with E-state index in [4.69, 9.17) is 29.2 Å². The Labute approximate surface area is 272 Å². The number of esters is 1. The molecule has 45 heavy (non-hydrogen) atoms. The first-order chi connectivity index (χ1) is 21.3. The highest BCUT2D eigenvalue weighted by molar-refractivity contribution is 14.1. The Balaban J connectivity index is 1.42. The van der Waals surface area contributed by atoms with Crippen molar-refractivity contribution in [2.24, 2.45) is 4.74 Å². The van der Waals surface area contributed by atoms with Crippen LogP contribution in [-0.2, 0) is 14.3 Å². The minimum absolute atomic E-state index is 0.0740. The molecular formula is C28H32IN6O9P. The van der Waals surface area contributed by atoms with Crippen LogP contribution in [-0.4, -0.2) is 79.4 Å². The summed E-state index contributed by atoms with van der Waals surface area (Å²) < 4.78 is 34.2. The van der Waals surface area contributed by atoms with Gasteiger partial charge in [0.15, 0.2) is 33.0 Å². The molecule has 0 bridgehead atoms. The molecule has 6 atom stereocenters. The first-order valence-corrected chi connectivity index (χ1v) is 16.0. The summed E-state index contributed by atoms with van der Waals surface area (Å²) in [6.45, 7) is 6.05. The molecule has 1 saturated heterocycles. The molecule has 1 fully saturated rings. The van der Waals surface area contributed by atoms with Gasteiger partial charge in [-0.15, -0.1) is 0 Å². The summed E-state index contributed by atoms with van der Waals surface area (Å²) in [6.07, 6.45) is -3.96. The van der Waals surface area contributed by atoms with Gasteiger partial charge < -0.3 is 39.8 Å². The van der Waals surface area contributed by atoms with Crippen LogP contribution in [0.25, 0.3) is 21.9 Å². The maximum Gasteiger partial charge on any atom is 0.395 e. The molecule has 1 unspecified atom stereocenters. The summed E-state index contributed by atoms with van der Waals surface area (Å²) in [5.41, 5.74) is 4.60. The van der Waals surface area contributed by atoms with Crippen LogP contribution in [0.3, 0.4) is 0 Å². The predicted molar refractivity (Wildman–Crippen MR) is 170 cm³/mol. The average molecular weight is 754 g/mol. The monoisotopic (exact) mass is 754 g/mol. The number of carbonyl (C=O) groups is 1. The van der Waals surface area contributed by atoms with Gasteiger partial charge in [0.2, 0.25) is 17.6 Å². The van der Waals surface area contributed by atoms with Crippen molar-refractivity contribution >= 4 is 64.6 Å². The van der Waals surface area contributed by atoms with Crippen LogP contribution in [0.4, 0.5) is 5.95 Å². The summed E-state index contributed by atoms with van der Waals surface area (Å²) in [7, 11) is -1.30. The van der Waals surface area contributed by atoms with Gasteiger partial charge in [-0.25, -0.2) is 9.78 Å². The number of nitrogens with two attached hydrogens (primary N) is 1. The SMILES string of the molecule is COc1nc(N)nc2c1nc(I)n2[C@@H]1O[C@H](COc2ccc3ccccc3c2O/[P+]([O-])=N/[C@@H](C)C(=O)OC(C)C)[C@@H](O)[C@@]1(C)O. The number of fused-ring (bicyclic) bond motifs is 2. The Morgan fingerprint density at radius 3 is 2.69 bits per heavy atom. The molecule has 5 rings (SSSR count). The topological polar surface area (TPSA) is 209 Å². The summed E-state index contributed by atoms with van der Waals surface area (Å²) in [5, 5.41) is 24.0. The molecule has 3 heterocycles. The molecule has 0 amide bonds. The van der Waals surface area contributed by atoms with Crippen molar-refractivity contribution in [3.05, 3.63) is 40.2 Å². The Bertz CT molecular complexity index is 1770. The lowest BCUT2D eigenvalue weighted by molar-refractivity contribution is -0.170. The second-order valence-electron chi connectivity index (χ2n) is 10.7. The van der Waals surface area contributed by atoms with Gasteiger partial charge in [0.25, 0.3) is 0 Å². The molecule has 15 nitrogen and oxygen atoms in total. The van der Waals surface area contributed by atoms with Crippen molar-refractivity contribution in [2.75, 3.05) is 19.5 Å². The molecule has 4 aromatic rings. The van der Waals surface area contributed by atoms with Crippen molar-refractivity contribution in [3.8, 4) is 17.4 Å². The number of halogens is 1. The maximum atomic E-state index is 13.0. The number of aliphatic hydroxyl groups excluding tert-OH is 1. The fraction of sp³-hybridized carbons (Fsp3) is 0.429. The second-order valence-corrected chi connectivity index (χ2v) is 12.6. The van der Waals surface area contributed by atoms with Crippen LogP contribution in [0.2, 0.25) is 0 Å². The van der Waals surface area contributed by atoms with Crippen molar-refractivity contribution in [3.63, 3.8) is 0 Å². The quantitative estimate of drug-likeness (QED) is 0.0923. The predicted octanol–water partition coefficient (Wildman–Crippen LogP) is 2.84. The number of rotatable bonds is 10. The number of anilines is 1. The van der Waals surface area contributed by atoms with Gasteiger partial charge in [-0.2, -0.15) is 9.97 Å². The number of nitrogens with zero attached hydrogens (tertiary/aromatic N) is 5. The number of carbonyl (C=O) groups excluding carboxylic acids is 1. The minimum Gasteiger partial charge on any atom is -0.575 e. The van der Waals surface area contributed by atoms with Crippen LogP contribution in [0.5, 0.6) is 17.4 Å². The molecule has 2 aromatic carbocycles. The number of aliphatic hydroxyl groups is 2. The Morgan fingerprint density at radius 2 is 1.98 bits per heavy atom. The third kappa shape index (κ3) is 6.62. The fourth-order valence-electron chi connectivity index (χ4n) is 4.87. The molecule has 0 spiro atoms. The van der Waals surface area contributed by atoms with Gasteiger partial charge in [0.1, 0.15) is 24.4 Å². The van der Waals surface area contributed by atoms with E-state index in [1.165, 1.54) is 25.5 Å². The highest BCUT2D eigenvalue weighted by atomic mass is 127. The first kappa shape index (κ1) is 33.0. The van der Waals surface area contributed by atoms with Crippen molar-refractivity contribution < 1.29 is 43.4 Å². The van der Waals surface area contributed by atoms with Crippen molar-refractivity contribution in [1.82, 2.24) is 19.5 Å². The van der Waals surface area contributed by atoms with Gasteiger partial charge in [-0.05, 0) is 39.1 Å². The zero-order chi connectivity index (χ0) is 32.6. The van der Waals surface area contributed by atoms with E-state index in [0.717, 1.165) is 5.39 Å². The lowest BCUT2D eigenvalue weighted by Gasteiger charge is -2.27. The molecule has 0 aliphatic carbocycles. The lowest BCUT2D eigenvalue weighted by Crippen LogP contribution is -2.45. The van der Waals surface area contributed by atoms with Gasteiger partial charge in [0.05, 0.1) is 13.2 Å². The van der Waals surface area contributed by atoms with Crippen LogP contribution in [0, 0.1) is 3.83 Å². The maximum absolute atomic E-state index is 13.0. The minimum atomic E-state index is -2.72. The highest BCUT2D eigenvalue weighted by Crippen LogP contribution is 2.43. The Morgan fingerprint density at radius 1 is 1.24 bits per heavy atom. The largest absolute Gasteiger partial charge is 0.575 e. The smallest absolute Gasteiger partial charge is 0.395 e. The lowest BCUT2D eigenvalue weighted by atomic mass is 9.96. The van der Waals surface area contributed by atoms with E-state index >= 15 is 0 Å². The number of ether oxygens (including phenoxy) is 4. The molecule has 2 aromatic heterocycles. The number of aromatic nitrogens is 4. The number of nitrogen functional groups attached to an aromatic ring is 1. The summed E-state index contributed by atoms with van der Waals surface area (Å²) in [4.78, 5) is 37.9. The molecule has 1 aliphatic heterocycles. The van der Waals surface area contributed by atoms with Gasteiger partial charge >= 0.3 is 14.1 Å². The summed E-state index contributed by atoms with van der Waals surface area (Å²) >= 11 is 1.95. The molecule has 1 aliphatic rings. The van der Waals surface area contributed by atoms with E-state index in [9.17, 15) is 19.9 Å². The van der Waals surface area contributed by atoms with Gasteiger partial charge in [-0.3, -0.25) is 9.09 Å². The Kier molecular flexibility index (Phi) is 9.62. The molecular weight excluding hydrogens is 722 g/mol. The highest BCUT2D eigenvalue weighted by Gasteiger charge is 2.54. The third-order valence-electron chi connectivity index (χ3n) is 7.04. The molecule has 240 valence electrons. The number of hydrogen-bond donors (Lipinski definition) is 3. The number of methoxy groups -OCH3 is 1. The van der Waals surface area contributed by atoms with Crippen LogP contribution < -0.4 is 24.6 Å².